The molecular weight excluding hydrogens is 484 g/mol. The number of ether oxygens (including phenoxy) is 2. The molecule has 1 saturated carbocycles. The molecule has 0 radical (unpaired) electrons. The van der Waals surface area contributed by atoms with Crippen molar-refractivity contribution >= 4 is 40.7 Å². The number of rotatable bonds is 7. The van der Waals surface area contributed by atoms with Crippen molar-refractivity contribution in [2.24, 2.45) is 5.92 Å². The van der Waals surface area contributed by atoms with Gasteiger partial charge in [-0.15, -0.1) is 0 Å². The molecule has 2 amide bonds. The molecular formula is C24H26Cl2FN3O4. The quantitative estimate of drug-likeness (QED) is 0.521. The van der Waals surface area contributed by atoms with Gasteiger partial charge in [-0.2, -0.15) is 0 Å². The van der Waals surface area contributed by atoms with Gasteiger partial charge in [-0.25, -0.2) is 4.39 Å². The first-order valence-electron chi connectivity index (χ1n) is 11.2. The minimum Gasteiger partial charge on any atom is -0.484 e. The molecule has 3 N–H and O–H groups in total. The van der Waals surface area contributed by atoms with Crippen LogP contribution in [0.1, 0.15) is 25.7 Å². The summed E-state index contributed by atoms with van der Waals surface area (Å²) in [5.74, 6) is 0.201. The SMILES string of the molecule is O=C(COc1ccc(Cl)c(F)c1)NC1CCC(CNC(=O)C2CNc3cc(Cl)ccc3O2)CC1. The lowest BCUT2D eigenvalue weighted by Crippen LogP contribution is -2.46. The van der Waals surface area contributed by atoms with Gasteiger partial charge in [-0.1, -0.05) is 23.2 Å². The molecule has 1 unspecified atom stereocenters. The third kappa shape index (κ3) is 6.45. The number of benzene rings is 2. The van der Waals surface area contributed by atoms with Crippen molar-refractivity contribution < 1.29 is 23.5 Å². The predicted octanol–water partition coefficient (Wildman–Crippen LogP) is 4.18. The summed E-state index contributed by atoms with van der Waals surface area (Å²) in [5.41, 5.74) is 0.780. The van der Waals surface area contributed by atoms with Gasteiger partial charge < -0.3 is 25.4 Å². The standard InChI is InChI=1S/C24H26Cl2FN3O4/c25-15-3-8-21-20(9-15)28-12-22(34-21)24(32)29-11-14-1-4-16(5-2-14)30-23(31)13-33-17-6-7-18(26)19(27)10-17/h3,6-10,14,16,22,28H,1-2,4-5,11-13H2,(H,29,32)(H,30,31). The Labute approximate surface area is 207 Å². The van der Waals surface area contributed by atoms with Crippen molar-refractivity contribution in [2.45, 2.75) is 37.8 Å². The first-order valence-corrected chi connectivity index (χ1v) is 12.0. The van der Waals surface area contributed by atoms with Gasteiger partial charge >= 0.3 is 0 Å². The van der Waals surface area contributed by atoms with Gasteiger partial charge in [0.05, 0.1) is 17.3 Å². The van der Waals surface area contributed by atoms with Crippen LogP contribution < -0.4 is 25.4 Å². The molecule has 1 aliphatic heterocycles. The van der Waals surface area contributed by atoms with Crippen molar-refractivity contribution in [1.29, 1.82) is 0 Å². The van der Waals surface area contributed by atoms with E-state index in [2.05, 4.69) is 16.0 Å². The second-order valence-electron chi connectivity index (χ2n) is 8.52. The Balaban J connectivity index is 1.14. The van der Waals surface area contributed by atoms with Crippen LogP contribution in [0.5, 0.6) is 11.5 Å². The van der Waals surface area contributed by atoms with Gasteiger partial charge in [0.15, 0.2) is 12.7 Å². The fraction of sp³-hybridized carbons (Fsp3) is 0.417. The monoisotopic (exact) mass is 509 g/mol. The predicted molar refractivity (Wildman–Crippen MR) is 128 cm³/mol. The number of anilines is 1. The largest absolute Gasteiger partial charge is 0.484 e. The highest BCUT2D eigenvalue weighted by Gasteiger charge is 2.28. The van der Waals surface area contributed by atoms with E-state index in [1.807, 2.05) is 0 Å². The Bertz CT molecular complexity index is 1050. The third-order valence-corrected chi connectivity index (χ3v) is 6.56. The summed E-state index contributed by atoms with van der Waals surface area (Å²) in [4.78, 5) is 24.7. The van der Waals surface area contributed by atoms with E-state index >= 15 is 0 Å². The lowest BCUT2D eigenvalue weighted by atomic mass is 9.86. The van der Waals surface area contributed by atoms with Crippen molar-refractivity contribution in [2.75, 3.05) is 25.0 Å². The number of nitrogens with one attached hydrogen (secondary N) is 3. The summed E-state index contributed by atoms with van der Waals surface area (Å²) >= 11 is 11.6. The number of amides is 2. The van der Waals surface area contributed by atoms with Crippen LogP contribution in [0.25, 0.3) is 0 Å². The van der Waals surface area contributed by atoms with E-state index in [1.165, 1.54) is 12.1 Å². The zero-order valence-electron chi connectivity index (χ0n) is 18.4. The van der Waals surface area contributed by atoms with E-state index in [0.717, 1.165) is 37.4 Å². The highest BCUT2D eigenvalue weighted by molar-refractivity contribution is 6.31. The molecule has 0 bridgehead atoms. The number of carbonyl (C=O) groups excluding carboxylic acids is 2. The van der Waals surface area contributed by atoms with Crippen LogP contribution in [0.4, 0.5) is 10.1 Å². The highest BCUT2D eigenvalue weighted by atomic mass is 35.5. The average molecular weight is 510 g/mol. The number of hydrogen-bond acceptors (Lipinski definition) is 5. The number of halogens is 3. The van der Waals surface area contributed by atoms with E-state index in [-0.39, 0.29) is 35.2 Å². The summed E-state index contributed by atoms with van der Waals surface area (Å²) in [6.45, 7) is 0.753. The van der Waals surface area contributed by atoms with Crippen LogP contribution in [-0.2, 0) is 9.59 Å². The van der Waals surface area contributed by atoms with Gasteiger partial charge in [0.2, 0.25) is 0 Å². The van der Waals surface area contributed by atoms with Crippen LogP contribution in [0.15, 0.2) is 36.4 Å². The minimum atomic E-state index is -0.599. The summed E-state index contributed by atoms with van der Waals surface area (Å²) in [6, 6.07) is 9.35. The van der Waals surface area contributed by atoms with Gasteiger partial charge in [0.25, 0.3) is 11.8 Å². The van der Waals surface area contributed by atoms with Gasteiger partial charge in [-0.3, -0.25) is 9.59 Å². The molecule has 0 saturated heterocycles. The second-order valence-corrected chi connectivity index (χ2v) is 9.37. The molecule has 0 aromatic heterocycles. The zero-order valence-corrected chi connectivity index (χ0v) is 19.9. The molecule has 34 heavy (non-hydrogen) atoms. The topological polar surface area (TPSA) is 88.7 Å². The third-order valence-electron chi connectivity index (χ3n) is 6.02. The Kier molecular flexibility index (Phi) is 8.00. The second kappa shape index (κ2) is 11.1. The van der Waals surface area contributed by atoms with Gasteiger partial charge in [-0.05, 0) is 61.9 Å². The van der Waals surface area contributed by atoms with Crippen LogP contribution >= 0.6 is 23.2 Å². The Hall–Kier alpha value is -2.71. The molecule has 2 aliphatic rings. The first-order chi connectivity index (χ1) is 16.4. The van der Waals surface area contributed by atoms with Crippen LogP contribution in [0, 0.1) is 11.7 Å². The summed E-state index contributed by atoms with van der Waals surface area (Å²) < 4.78 is 24.6. The molecule has 182 valence electrons. The normalized spacial score (nSPS) is 21.4. The van der Waals surface area contributed by atoms with Gasteiger partial charge in [0.1, 0.15) is 17.3 Å². The van der Waals surface area contributed by atoms with Crippen molar-refractivity contribution in [3.8, 4) is 11.5 Å². The molecule has 2 aromatic rings. The molecule has 7 nitrogen and oxygen atoms in total. The summed E-state index contributed by atoms with van der Waals surface area (Å²) in [6.07, 6.45) is 2.81. The van der Waals surface area contributed by atoms with Crippen molar-refractivity contribution in [3.05, 3.63) is 52.3 Å². The average Bonchev–Trinajstić information content (AvgIpc) is 2.84. The van der Waals surface area contributed by atoms with Crippen LogP contribution in [0.3, 0.4) is 0 Å². The van der Waals surface area contributed by atoms with Crippen LogP contribution in [-0.4, -0.2) is 43.7 Å². The number of carbonyl (C=O) groups is 2. The fourth-order valence-electron chi connectivity index (χ4n) is 4.14. The van der Waals surface area contributed by atoms with Crippen LogP contribution in [0.2, 0.25) is 10.0 Å². The number of hydrogen-bond donors (Lipinski definition) is 3. The van der Waals surface area contributed by atoms with E-state index in [9.17, 15) is 14.0 Å². The Morgan fingerprint density at radius 2 is 1.91 bits per heavy atom. The molecule has 2 aromatic carbocycles. The summed E-state index contributed by atoms with van der Waals surface area (Å²) in [7, 11) is 0. The molecule has 10 heteroatoms. The molecule has 1 fully saturated rings. The lowest BCUT2D eigenvalue weighted by Gasteiger charge is -2.30. The van der Waals surface area contributed by atoms with Gasteiger partial charge in [0, 0.05) is 23.7 Å². The van der Waals surface area contributed by atoms with E-state index in [1.54, 1.807) is 18.2 Å². The maximum absolute atomic E-state index is 13.5. The smallest absolute Gasteiger partial charge is 0.262 e. The minimum absolute atomic E-state index is 0.00313. The zero-order chi connectivity index (χ0) is 24.1. The summed E-state index contributed by atoms with van der Waals surface area (Å²) in [5, 5.41) is 9.73. The molecule has 4 rings (SSSR count). The maximum atomic E-state index is 13.5. The van der Waals surface area contributed by atoms with E-state index in [4.69, 9.17) is 32.7 Å². The first kappa shape index (κ1) is 24.4. The fourth-order valence-corrected chi connectivity index (χ4v) is 4.43. The van der Waals surface area contributed by atoms with Crippen molar-refractivity contribution in [3.63, 3.8) is 0 Å². The molecule has 0 spiro atoms. The molecule has 1 heterocycles. The highest BCUT2D eigenvalue weighted by Crippen LogP contribution is 2.31. The molecule has 1 atom stereocenters. The van der Waals surface area contributed by atoms with E-state index in [0.29, 0.717) is 29.8 Å². The lowest BCUT2D eigenvalue weighted by molar-refractivity contribution is -0.127. The molecule has 1 aliphatic carbocycles. The Morgan fingerprint density at radius 3 is 2.68 bits per heavy atom. The Morgan fingerprint density at radius 1 is 1.12 bits per heavy atom. The van der Waals surface area contributed by atoms with E-state index < -0.39 is 11.9 Å². The maximum Gasteiger partial charge on any atom is 0.262 e. The van der Waals surface area contributed by atoms with Crippen molar-refractivity contribution in [1.82, 2.24) is 10.6 Å². The number of fused-ring (bicyclic) bond motifs is 1.